The molecule has 0 aromatic carbocycles. The third-order valence-corrected chi connectivity index (χ3v) is 4.72. The monoisotopic (exact) mass is 296 g/mol. The minimum Gasteiger partial charge on any atom is -0.467 e. The Labute approximate surface area is 127 Å². The number of hydrogen-bond acceptors (Lipinski definition) is 4. The maximum Gasteiger partial charge on any atom is 0.328 e. The first-order chi connectivity index (χ1) is 9.82. The second-order valence-corrected chi connectivity index (χ2v) is 7.41. The lowest BCUT2D eigenvalue weighted by atomic mass is 9.86. The third-order valence-electron chi connectivity index (χ3n) is 4.72. The Morgan fingerprint density at radius 2 is 2.00 bits per heavy atom. The van der Waals surface area contributed by atoms with Crippen LogP contribution in [0.2, 0.25) is 0 Å². The molecule has 120 valence electrons. The summed E-state index contributed by atoms with van der Waals surface area (Å²) < 4.78 is 4.83. The van der Waals surface area contributed by atoms with Crippen molar-refractivity contribution in [1.82, 2.24) is 10.2 Å². The van der Waals surface area contributed by atoms with E-state index in [9.17, 15) is 9.59 Å². The van der Waals surface area contributed by atoms with Crippen molar-refractivity contribution in [3.05, 3.63) is 0 Å². The summed E-state index contributed by atoms with van der Waals surface area (Å²) >= 11 is 0. The molecule has 0 spiro atoms. The van der Waals surface area contributed by atoms with Crippen LogP contribution in [0.15, 0.2) is 0 Å². The molecule has 0 radical (unpaired) electrons. The number of amides is 1. The highest BCUT2D eigenvalue weighted by molar-refractivity contribution is 5.86. The fraction of sp³-hybridized carbons (Fsp3) is 0.875. The smallest absolute Gasteiger partial charge is 0.328 e. The van der Waals surface area contributed by atoms with E-state index in [2.05, 4.69) is 10.2 Å². The molecule has 0 aromatic rings. The topological polar surface area (TPSA) is 58.6 Å². The minimum atomic E-state index is -0.590. The lowest BCUT2D eigenvalue weighted by molar-refractivity contribution is -0.148. The van der Waals surface area contributed by atoms with E-state index in [-0.39, 0.29) is 23.2 Å². The van der Waals surface area contributed by atoms with Crippen molar-refractivity contribution in [2.45, 2.75) is 58.5 Å². The van der Waals surface area contributed by atoms with Crippen molar-refractivity contribution < 1.29 is 14.3 Å². The van der Waals surface area contributed by atoms with Crippen molar-refractivity contribution in [2.75, 3.05) is 20.2 Å². The van der Waals surface area contributed by atoms with E-state index in [4.69, 9.17) is 4.74 Å². The van der Waals surface area contributed by atoms with Gasteiger partial charge in [0.1, 0.15) is 6.04 Å². The first-order valence-corrected chi connectivity index (χ1v) is 7.95. The predicted octanol–water partition coefficient (Wildman–Crippen LogP) is 1.56. The van der Waals surface area contributed by atoms with Crippen LogP contribution in [0, 0.1) is 11.3 Å². The quantitative estimate of drug-likeness (QED) is 0.803. The van der Waals surface area contributed by atoms with Crippen molar-refractivity contribution >= 4 is 11.9 Å². The Bertz CT molecular complexity index is 389. The van der Waals surface area contributed by atoms with E-state index >= 15 is 0 Å². The molecule has 0 unspecified atom stereocenters. The fourth-order valence-corrected chi connectivity index (χ4v) is 3.45. The largest absolute Gasteiger partial charge is 0.467 e. The summed E-state index contributed by atoms with van der Waals surface area (Å²) in [7, 11) is 1.36. The van der Waals surface area contributed by atoms with E-state index in [0.29, 0.717) is 6.04 Å². The molecule has 2 saturated heterocycles. The molecule has 2 rings (SSSR count). The second-order valence-electron chi connectivity index (χ2n) is 7.41. The Balaban J connectivity index is 1.98. The van der Waals surface area contributed by atoms with Gasteiger partial charge < -0.3 is 10.1 Å². The number of ether oxygens (including phenoxy) is 1. The second kappa shape index (κ2) is 6.34. The molecule has 0 aliphatic carbocycles. The maximum atomic E-state index is 12.5. The van der Waals surface area contributed by atoms with Crippen LogP contribution in [0.4, 0.5) is 0 Å². The summed E-state index contributed by atoms with van der Waals surface area (Å²) in [5, 5.41) is 2.92. The van der Waals surface area contributed by atoms with Crippen LogP contribution in [0.5, 0.6) is 0 Å². The van der Waals surface area contributed by atoms with Gasteiger partial charge in [-0.3, -0.25) is 9.69 Å². The number of nitrogens with zero attached hydrogens (tertiary/aromatic N) is 1. The SMILES string of the molecule is COC(=O)[C@@H](NC(=O)[C@@H]1C[C@@H]2CCCCN2C1)C(C)(C)C. The highest BCUT2D eigenvalue weighted by Crippen LogP contribution is 2.31. The molecule has 0 saturated carbocycles. The van der Waals surface area contributed by atoms with Crippen LogP contribution in [-0.4, -0.2) is 49.1 Å². The molecule has 0 aromatic heterocycles. The van der Waals surface area contributed by atoms with Gasteiger partial charge in [0.05, 0.1) is 13.0 Å². The van der Waals surface area contributed by atoms with Gasteiger partial charge in [-0.25, -0.2) is 4.79 Å². The van der Waals surface area contributed by atoms with Gasteiger partial charge in [-0.2, -0.15) is 0 Å². The van der Waals surface area contributed by atoms with Gasteiger partial charge in [0, 0.05) is 12.6 Å². The van der Waals surface area contributed by atoms with Crippen LogP contribution in [0.1, 0.15) is 46.5 Å². The molecule has 5 heteroatoms. The first-order valence-electron chi connectivity index (χ1n) is 7.95. The van der Waals surface area contributed by atoms with E-state index in [1.165, 1.54) is 26.4 Å². The average molecular weight is 296 g/mol. The number of piperidine rings is 1. The van der Waals surface area contributed by atoms with Gasteiger partial charge >= 0.3 is 5.97 Å². The van der Waals surface area contributed by atoms with Crippen molar-refractivity contribution in [3.63, 3.8) is 0 Å². The number of esters is 1. The van der Waals surface area contributed by atoms with Crippen LogP contribution in [0.25, 0.3) is 0 Å². The number of fused-ring (bicyclic) bond motifs is 1. The summed E-state index contributed by atoms with van der Waals surface area (Å²) in [6, 6.07) is -0.0339. The average Bonchev–Trinajstić information content (AvgIpc) is 2.86. The van der Waals surface area contributed by atoms with Crippen LogP contribution in [-0.2, 0) is 14.3 Å². The van der Waals surface area contributed by atoms with Crippen molar-refractivity contribution in [3.8, 4) is 0 Å². The molecule has 2 heterocycles. The molecule has 2 aliphatic heterocycles. The van der Waals surface area contributed by atoms with E-state index < -0.39 is 6.04 Å². The molecule has 3 atom stereocenters. The number of carbonyl (C=O) groups is 2. The van der Waals surface area contributed by atoms with Gasteiger partial charge in [0.2, 0.25) is 5.91 Å². The molecular formula is C16H28N2O3. The summed E-state index contributed by atoms with van der Waals surface area (Å²) in [5.41, 5.74) is -0.353. The zero-order valence-electron chi connectivity index (χ0n) is 13.6. The minimum absolute atomic E-state index is 0.00241. The highest BCUT2D eigenvalue weighted by Gasteiger charge is 2.40. The van der Waals surface area contributed by atoms with E-state index in [0.717, 1.165) is 19.5 Å². The van der Waals surface area contributed by atoms with Crippen molar-refractivity contribution in [1.29, 1.82) is 0 Å². The number of nitrogens with one attached hydrogen (secondary N) is 1. The Hall–Kier alpha value is -1.10. The molecule has 1 N–H and O–H groups in total. The lowest BCUT2D eigenvalue weighted by Crippen LogP contribution is -2.51. The zero-order valence-corrected chi connectivity index (χ0v) is 13.6. The summed E-state index contributed by atoms with van der Waals surface area (Å²) in [6.07, 6.45) is 4.62. The summed E-state index contributed by atoms with van der Waals surface area (Å²) in [5.74, 6) is -0.371. The third kappa shape index (κ3) is 3.76. The molecule has 2 aliphatic rings. The first kappa shape index (κ1) is 16.3. The number of rotatable bonds is 3. The molecule has 0 bridgehead atoms. The van der Waals surface area contributed by atoms with Gasteiger partial charge in [0.25, 0.3) is 0 Å². The van der Waals surface area contributed by atoms with Crippen molar-refractivity contribution in [2.24, 2.45) is 11.3 Å². The van der Waals surface area contributed by atoms with Crippen LogP contribution >= 0.6 is 0 Å². The van der Waals surface area contributed by atoms with Gasteiger partial charge in [-0.1, -0.05) is 27.2 Å². The number of methoxy groups -OCH3 is 1. The normalized spacial score (nSPS) is 27.8. The Morgan fingerprint density at radius 3 is 2.57 bits per heavy atom. The Morgan fingerprint density at radius 1 is 1.29 bits per heavy atom. The number of carbonyl (C=O) groups excluding carboxylic acids is 2. The molecule has 1 amide bonds. The zero-order chi connectivity index (χ0) is 15.6. The summed E-state index contributed by atoms with van der Waals surface area (Å²) in [6.45, 7) is 7.75. The number of hydrogen-bond donors (Lipinski definition) is 1. The van der Waals surface area contributed by atoms with Gasteiger partial charge in [-0.15, -0.1) is 0 Å². The van der Waals surface area contributed by atoms with Gasteiger partial charge in [-0.05, 0) is 31.2 Å². The standard InChI is InChI=1S/C16H28N2O3/c1-16(2,3)13(15(20)21-4)17-14(19)11-9-12-7-5-6-8-18(12)10-11/h11-13H,5-10H2,1-4H3,(H,17,19)/t11-,12+,13-/m1/s1. The molecule has 5 nitrogen and oxygen atoms in total. The van der Waals surface area contributed by atoms with Gasteiger partial charge in [0.15, 0.2) is 0 Å². The van der Waals surface area contributed by atoms with E-state index in [1.54, 1.807) is 0 Å². The fourth-order valence-electron chi connectivity index (χ4n) is 3.45. The summed E-state index contributed by atoms with van der Waals surface area (Å²) in [4.78, 5) is 26.9. The Kier molecular flexibility index (Phi) is 4.91. The molecule has 21 heavy (non-hydrogen) atoms. The molecular weight excluding hydrogens is 268 g/mol. The lowest BCUT2D eigenvalue weighted by Gasteiger charge is -2.30. The van der Waals surface area contributed by atoms with E-state index in [1.807, 2.05) is 20.8 Å². The molecule has 2 fully saturated rings. The highest BCUT2D eigenvalue weighted by atomic mass is 16.5. The predicted molar refractivity (Wildman–Crippen MR) is 80.7 cm³/mol. The maximum absolute atomic E-state index is 12.5. The van der Waals surface area contributed by atoms with Crippen LogP contribution < -0.4 is 5.32 Å². The van der Waals surface area contributed by atoms with Crippen LogP contribution in [0.3, 0.4) is 0 Å².